The second-order valence-electron chi connectivity index (χ2n) is 6.71. The molecule has 3 rings (SSSR count). The van der Waals surface area contributed by atoms with Crippen LogP contribution >= 0.6 is 0 Å². The third kappa shape index (κ3) is 3.79. The lowest BCUT2D eigenvalue weighted by Crippen LogP contribution is -2.54. The van der Waals surface area contributed by atoms with E-state index in [4.69, 9.17) is 4.74 Å². The Morgan fingerprint density at radius 1 is 1.05 bits per heavy atom. The summed E-state index contributed by atoms with van der Waals surface area (Å²) in [6, 6.07) is 0.702. The first kappa shape index (κ1) is 15.7. The van der Waals surface area contributed by atoms with E-state index in [0.717, 1.165) is 26.1 Å². The van der Waals surface area contributed by atoms with Crippen LogP contribution in [0.1, 0.15) is 32.1 Å². The topological polar surface area (TPSA) is 61.9 Å². The molecule has 1 N–H and O–H groups in total. The predicted molar refractivity (Wildman–Crippen MR) is 82.3 cm³/mol. The number of amides is 2. The lowest BCUT2D eigenvalue weighted by Gasteiger charge is -2.37. The fourth-order valence-corrected chi connectivity index (χ4v) is 3.76. The van der Waals surface area contributed by atoms with Gasteiger partial charge in [-0.1, -0.05) is 12.8 Å². The molecule has 1 saturated carbocycles. The van der Waals surface area contributed by atoms with E-state index < -0.39 is 5.91 Å². The van der Waals surface area contributed by atoms with Crippen molar-refractivity contribution in [3.05, 3.63) is 0 Å². The highest BCUT2D eigenvalue weighted by Crippen LogP contribution is 2.24. The van der Waals surface area contributed by atoms with Crippen LogP contribution in [0.25, 0.3) is 0 Å². The van der Waals surface area contributed by atoms with E-state index in [1.807, 2.05) is 0 Å². The highest BCUT2D eigenvalue weighted by Gasteiger charge is 2.30. The van der Waals surface area contributed by atoms with E-state index in [-0.39, 0.29) is 5.91 Å². The maximum absolute atomic E-state index is 12.2. The molecule has 2 saturated heterocycles. The number of piperazine rings is 1. The van der Waals surface area contributed by atoms with Crippen LogP contribution in [-0.4, -0.2) is 73.6 Å². The average Bonchev–Trinajstić information content (AvgIpc) is 3.25. The van der Waals surface area contributed by atoms with Crippen molar-refractivity contribution >= 4 is 11.8 Å². The number of ether oxygens (including phenoxy) is 1. The fourth-order valence-electron chi connectivity index (χ4n) is 3.76. The van der Waals surface area contributed by atoms with Crippen LogP contribution in [0.3, 0.4) is 0 Å². The fraction of sp³-hybridized carbons (Fsp3) is 0.875. The van der Waals surface area contributed by atoms with Crippen molar-refractivity contribution in [1.29, 1.82) is 0 Å². The number of nitrogens with one attached hydrogen (secondary N) is 1. The van der Waals surface area contributed by atoms with E-state index in [1.54, 1.807) is 4.90 Å². The average molecular weight is 309 g/mol. The van der Waals surface area contributed by atoms with Gasteiger partial charge in [0.15, 0.2) is 0 Å². The molecule has 124 valence electrons. The smallest absolute Gasteiger partial charge is 0.311 e. The minimum Gasteiger partial charge on any atom is -0.381 e. The maximum Gasteiger partial charge on any atom is 0.311 e. The highest BCUT2D eigenvalue weighted by molar-refractivity contribution is 6.35. The summed E-state index contributed by atoms with van der Waals surface area (Å²) >= 11 is 0. The lowest BCUT2D eigenvalue weighted by molar-refractivity contribution is -0.147. The van der Waals surface area contributed by atoms with Crippen LogP contribution in [0.15, 0.2) is 0 Å². The van der Waals surface area contributed by atoms with E-state index in [2.05, 4.69) is 10.2 Å². The number of hydrogen-bond acceptors (Lipinski definition) is 4. The molecule has 3 fully saturated rings. The SMILES string of the molecule is O=C(NC[C@@H]1CCOC1)C(=O)N1CCN(C2CCCC2)CC1. The minimum absolute atomic E-state index is 0.357. The van der Waals surface area contributed by atoms with Crippen molar-refractivity contribution in [3.8, 4) is 0 Å². The molecule has 6 nitrogen and oxygen atoms in total. The van der Waals surface area contributed by atoms with Crippen molar-refractivity contribution < 1.29 is 14.3 Å². The summed E-state index contributed by atoms with van der Waals surface area (Å²) in [6.45, 7) is 5.16. The zero-order valence-electron chi connectivity index (χ0n) is 13.3. The van der Waals surface area contributed by atoms with Gasteiger partial charge in [-0.05, 0) is 19.3 Å². The Morgan fingerprint density at radius 3 is 2.41 bits per heavy atom. The summed E-state index contributed by atoms with van der Waals surface area (Å²) in [7, 11) is 0. The second kappa shape index (κ2) is 7.42. The summed E-state index contributed by atoms with van der Waals surface area (Å²) in [6.07, 6.45) is 6.21. The quantitative estimate of drug-likeness (QED) is 0.758. The van der Waals surface area contributed by atoms with Crippen molar-refractivity contribution in [2.45, 2.75) is 38.1 Å². The van der Waals surface area contributed by atoms with E-state index in [9.17, 15) is 9.59 Å². The summed E-state index contributed by atoms with van der Waals surface area (Å²) < 4.78 is 5.27. The Labute approximate surface area is 132 Å². The Balaban J connectivity index is 1.39. The van der Waals surface area contributed by atoms with Crippen LogP contribution in [0.5, 0.6) is 0 Å². The molecule has 2 aliphatic heterocycles. The van der Waals surface area contributed by atoms with E-state index >= 15 is 0 Å². The van der Waals surface area contributed by atoms with Crippen molar-refractivity contribution in [3.63, 3.8) is 0 Å². The summed E-state index contributed by atoms with van der Waals surface area (Å²) in [5.74, 6) is -0.470. The van der Waals surface area contributed by atoms with Gasteiger partial charge in [0, 0.05) is 51.3 Å². The Hall–Kier alpha value is -1.14. The number of rotatable bonds is 3. The standard InChI is InChI=1S/C16H27N3O3/c20-15(17-11-13-5-10-22-12-13)16(21)19-8-6-18(7-9-19)14-3-1-2-4-14/h13-14H,1-12H2,(H,17,20)/t13-/m0/s1. The van der Waals surface area contributed by atoms with Crippen molar-refractivity contribution in [2.75, 3.05) is 45.9 Å². The molecule has 1 aliphatic carbocycles. The molecule has 0 aromatic rings. The monoisotopic (exact) mass is 309 g/mol. The Morgan fingerprint density at radius 2 is 1.77 bits per heavy atom. The van der Waals surface area contributed by atoms with Gasteiger partial charge in [0.05, 0.1) is 6.61 Å². The van der Waals surface area contributed by atoms with Gasteiger partial charge in [0.1, 0.15) is 0 Å². The van der Waals surface area contributed by atoms with E-state index in [0.29, 0.717) is 38.2 Å². The number of hydrogen-bond donors (Lipinski definition) is 1. The van der Waals surface area contributed by atoms with Gasteiger partial charge in [0.2, 0.25) is 0 Å². The number of carbonyl (C=O) groups excluding carboxylic acids is 2. The first-order chi connectivity index (χ1) is 10.7. The molecule has 0 unspecified atom stereocenters. The molecule has 0 aromatic heterocycles. The first-order valence-corrected chi connectivity index (χ1v) is 8.63. The van der Waals surface area contributed by atoms with Crippen molar-refractivity contribution in [1.82, 2.24) is 15.1 Å². The van der Waals surface area contributed by atoms with Crippen LogP contribution in [0.4, 0.5) is 0 Å². The Bertz CT molecular complexity index is 395. The van der Waals surface area contributed by atoms with Gasteiger partial charge in [-0.2, -0.15) is 0 Å². The molecular formula is C16H27N3O3. The number of nitrogens with zero attached hydrogens (tertiary/aromatic N) is 2. The summed E-state index contributed by atoms with van der Waals surface area (Å²) in [5, 5.41) is 2.76. The molecular weight excluding hydrogens is 282 g/mol. The van der Waals surface area contributed by atoms with Crippen LogP contribution in [-0.2, 0) is 14.3 Å². The molecule has 0 bridgehead atoms. The lowest BCUT2D eigenvalue weighted by atomic mass is 10.1. The van der Waals surface area contributed by atoms with Gasteiger partial charge >= 0.3 is 11.8 Å². The summed E-state index contributed by atoms with van der Waals surface area (Å²) in [5.41, 5.74) is 0. The highest BCUT2D eigenvalue weighted by atomic mass is 16.5. The molecule has 22 heavy (non-hydrogen) atoms. The van der Waals surface area contributed by atoms with Gasteiger partial charge in [-0.15, -0.1) is 0 Å². The second-order valence-corrected chi connectivity index (χ2v) is 6.71. The third-order valence-electron chi connectivity index (χ3n) is 5.21. The largest absolute Gasteiger partial charge is 0.381 e. The summed E-state index contributed by atoms with van der Waals surface area (Å²) in [4.78, 5) is 28.4. The zero-order chi connectivity index (χ0) is 15.4. The molecule has 3 aliphatic rings. The molecule has 1 atom stereocenters. The molecule has 0 spiro atoms. The van der Waals surface area contributed by atoms with Gasteiger partial charge < -0.3 is 15.0 Å². The van der Waals surface area contributed by atoms with Crippen LogP contribution < -0.4 is 5.32 Å². The molecule has 0 radical (unpaired) electrons. The third-order valence-corrected chi connectivity index (χ3v) is 5.21. The van der Waals surface area contributed by atoms with E-state index in [1.165, 1.54) is 25.7 Å². The molecule has 6 heteroatoms. The Kier molecular flexibility index (Phi) is 5.31. The van der Waals surface area contributed by atoms with Crippen LogP contribution in [0.2, 0.25) is 0 Å². The normalized spacial score (nSPS) is 27.3. The van der Waals surface area contributed by atoms with Gasteiger partial charge in [0.25, 0.3) is 0 Å². The minimum atomic E-state index is -0.457. The predicted octanol–water partition coefficient (Wildman–Crippen LogP) is 0.226. The molecule has 0 aromatic carbocycles. The van der Waals surface area contributed by atoms with Crippen LogP contribution in [0, 0.1) is 5.92 Å². The van der Waals surface area contributed by atoms with Crippen molar-refractivity contribution in [2.24, 2.45) is 5.92 Å². The maximum atomic E-state index is 12.2. The zero-order valence-corrected chi connectivity index (χ0v) is 13.3. The molecule has 2 heterocycles. The number of carbonyl (C=O) groups is 2. The first-order valence-electron chi connectivity index (χ1n) is 8.63. The molecule has 2 amide bonds. The van der Waals surface area contributed by atoms with Gasteiger partial charge in [-0.25, -0.2) is 0 Å². The van der Waals surface area contributed by atoms with Gasteiger partial charge in [-0.3, -0.25) is 14.5 Å².